The van der Waals surface area contributed by atoms with Crippen LogP contribution in [0.25, 0.3) is 0 Å². The standard InChI is InChI=1S/C3H6BrN/c1-3-2-5(3)4/h3H,2H2,1H3. The van der Waals surface area contributed by atoms with Gasteiger partial charge in [0.15, 0.2) is 0 Å². The molecular formula is C3H6BrN. The third-order valence-corrected chi connectivity index (χ3v) is 1.77. The summed E-state index contributed by atoms with van der Waals surface area (Å²) in [6.45, 7) is 3.40. The first kappa shape index (κ1) is 3.62. The van der Waals surface area contributed by atoms with Crippen molar-refractivity contribution in [3.63, 3.8) is 0 Å². The van der Waals surface area contributed by atoms with E-state index in [1.807, 2.05) is 0 Å². The second-order valence-corrected chi connectivity index (χ2v) is 2.34. The van der Waals surface area contributed by atoms with E-state index in [0.29, 0.717) is 0 Å². The lowest BCUT2D eigenvalue weighted by atomic mass is 10.6. The van der Waals surface area contributed by atoms with Crippen LogP contribution in [0.3, 0.4) is 0 Å². The van der Waals surface area contributed by atoms with E-state index in [-0.39, 0.29) is 0 Å². The molecule has 2 heteroatoms. The molecule has 0 radical (unpaired) electrons. The van der Waals surface area contributed by atoms with Crippen LogP contribution in [0.2, 0.25) is 0 Å². The molecule has 1 saturated heterocycles. The molecule has 1 heterocycles. The Bertz CT molecular complexity index is 40.2. The third-order valence-electron chi connectivity index (χ3n) is 0.783. The van der Waals surface area contributed by atoms with Gasteiger partial charge in [0, 0.05) is 28.7 Å². The lowest BCUT2D eigenvalue weighted by Crippen LogP contribution is -1.72. The lowest BCUT2D eigenvalue weighted by Gasteiger charge is -1.71. The zero-order chi connectivity index (χ0) is 3.86. The largest absolute Gasteiger partial charge is 0.237 e. The Labute approximate surface area is 40.3 Å². The number of nitrogens with zero attached hydrogens (tertiary/aromatic N) is 1. The van der Waals surface area contributed by atoms with E-state index in [2.05, 4.69) is 27.0 Å². The van der Waals surface area contributed by atoms with Crippen LogP contribution >= 0.6 is 16.1 Å². The van der Waals surface area contributed by atoms with Crippen molar-refractivity contribution in [2.45, 2.75) is 13.0 Å². The Morgan fingerprint density at radius 3 is 2.20 bits per heavy atom. The number of hydrogen-bond donors (Lipinski definition) is 0. The van der Waals surface area contributed by atoms with Crippen LogP contribution in [0.4, 0.5) is 0 Å². The first-order valence-electron chi connectivity index (χ1n) is 1.73. The fourth-order valence-electron chi connectivity index (χ4n) is 0.205. The minimum atomic E-state index is 0.801. The molecule has 1 aliphatic rings. The van der Waals surface area contributed by atoms with Crippen LogP contribution in [0.15, 0.2) is 0 Å². The Morgan fingerprint density at radius 2 is 2.20 bits per heavy atom. The van der Waals surface area contributed by atoms with E-state index in [9.17, 15) is 0 Å². The van der Waals surface area contributed by atoms with Gasteiger partial charge < -0.3 is 0 Å². The van der Waals surface area contributed by atoms with Gasteiger partial charge in [-0.15, -0.1) is 0 Å². The quantitative estimate of drug-likeness (QED) is 0.354. The van der Waals surface area contributed by atoms with Crippen LogP contribution in [-0.2, 0) is 0 Å². The second-order valence-electron chi connectivity index (χ2n) is 1.43. The molecule has 1 fully saturated rings. The van der Waals surface area contributed by atoms with Crippen molar-refractivity contribution in [1.29, 1.82) is 0 Å². The molecule has 5 heavy (non-hydrogen) atoms. The SMILES string of the molecule is CC1CN1Br. The van der Waals surface area contributed by atoms with Gasteiger partial charge in [0.05, 0.1) is 0 Å². The van der Waals surface area contributed by atoms with Gasteiger partial charge in [-0.3, -0.25) is 0 Å². The predicted octanol–water partition coefficient (Wildman–Crippen LogP) is 1.00. The summed E-state index contributed by atoms with van der Waals surface area (Å²) < 4.78 is 2.10. The van der Waals surface area contributed by atoms with Gasteiger partial charge in [-0.25, -0.2) is 3.93 Å². The average molecular weight is 136 g/mol. The van der Waals surface area contributed by atoms with Gasteiger partial charge in [0.25, 0.3) is 0 Å². The Morgan fingerprint density at radius 1 is 2.00 bits per heavy atom. The highest BCUT2D eigenvalue weighted by molar-refractivity contribution is 9.07. The Balaban J connectivity index is 2.20. The first-order valence-corrected chi connectivity index (χ1v) is 2.44. The molecule has 0 bridgehead atoms. The molecule has 0 aromatic rings. The summed E-state index contributed by atoms with van der Waals surface area (Å²) in [6, 6.07) is 0.801. The fourth-order valence-corrected chi connectivity index (χ4v) is 0.624. The van der Waals surface area contributed by atoms with Gasteiger partial charge in [0.2, 0.25) is 0 Å². The van der Waals surface area contributed by atoms with E-state index in [1.54, 1.807) is 0 Å². The van der Waals surface area contributed by atoms with Crippen molar-refractivity contribution < 1.29 is 0 Å². The van der Waals surface area contributed by atoms with Crippen LogP contribution < -0.4 is 0 Å². The lowest BCUT2D eigenvalue weighted by molar-refractivity contribution is 0.875. The third kappa shape index (κ3) is 0.637. The highest BCUT2D eigenvalue weighted by Crippen LogP contribution is 2.19. The monoisotopic (exact) mass is 135 g/mol. The second kappa shape index (κ2) is 0.949. The summed E-state index contributed by atoms with van der Waals surface area (Å²) in [5.74, 6) is 0. The molecule has 0 amide bonds. The molecule has 1 nitrogen and oxygen atoms in total. The van der Waals surface area contributed by atoms with Gasteiger partial charge in [-0.05, 0) is 6.92 Å². The summed E-state index contributed by atoms with van der Waals surface area (Å²) in [7, 11) is 0. The smallest absolute Gasteiger partial charge is 0.0314 e. The molecule has 1 aliphatic heterocycles. The maximum absolute atomic E-state index is 3.28. The summed E-state index contributed by atoms with van der Waals surface area (Å²) in [5.41, 5.74) is 0. The van der Waals surface area contributed by atoms with Crippen LogP contribution in [0.1, 0.15) is 6.92 Å². The molecule has 0 N–H and O–H groups in total. The molecular weight excluding hydrogens is 130 g/mol. The van der Waals surface area contributed by atoms with Gasteiger partial charge in [-0.1, -0.05) is 0 Å². The van der Waals surface area contributed by atoms with Crippen LogP contribution in [0, 0.1) is 0 Å². The molecule has 1 rings (SSSR count). The first-order chi connectivity index (χ1) is 2.30. The molecule has 0 aliphatic carbocycles. The van der Waals surface area contributed by atoms with E-state index in [4.69, 9.17) is 0 Å². The molecule has 0 spiro atoms. The summed E-state index contributed by atoms with van der Waals surface area (Å²) >= 11 is 3.28. The zero-order valence-corrected chi connectivity index (χ0v) is 4.70. The number of rotatable bonds is 0. The molecule has 2 unspecified atom stereocenters. The molecule has 0 aromatic carbocycles. The van der Waals surface area contributed by atoms with Crippen molar-refractivity contribution in [1.82, 2.24) is 3.93 Å². The van der Waals surface area contributed by atoms with Gasteiger partial charge >= 0.3 is 0 Å². The summed E-state index contributed by atoms with van der Waals surface area (Å²) in [5, 5.41) is 0. The minimum Gasteiger partial charge on any atom is -0.237 e. The van der Waals surface area contributed by atoms with E-state index >= 15 is 0 Å². The maximum atomic E-state index is 3.28. The topological polar surface area (TPSA) is 3.01 Å². The average Bonchev–Trinajstić information content (AvgIpc) is 1.79. The number of hydrogen-bond acceptors (Lipinski definition) is 1. The van der Waals surface area contributed by atoms with E-state index in [1.165, 1.54) is 6.54 Å². The highest BCUT2D eigenvalue weighted by atomic mass is 79.9. The van der Waals surface area contributed by atoms with Crippen molar-refractivity contribution in [2.75, 3.05) is 6.54 Å². The highest BCUT2D eigenvalue weighted by Gasteiger charge is 2.25. The van der Waals surface area contributed by atoms with E-state index in [0.717, 1.165) is 6.04 Å². The maximum Gasteiger partial charge on any atom is 0.0314 e. The normalized spacial score (nSPS) is 49.2. The summed E-state index contributed by atoms with van der Waals surface area (Å²) in [4.78, 5) is 0. The molecule has 0 aromatic heterocycles. The predicted molar refractivity (Wildman–Crippen MR) is 25.1 cm³/mol. The van der Waals surface area contributed by atoms with Crippen molar-refractivity contribution >= 4 is 16.1 Å². The Hall–Kier alpha value is 0.440. The molecule has 0 saturated carbocycles. The van der Waals surface area contributed by atoms with Crippen molar-refractivity contribution in [2.24, 2.45) is 0 Å². The zero-order valence-electron chi connectivity index (χ0n) is 3.11. The Kier molecular flexibility index (Phi) is 0.688. The van der Waals surface area contributed by atoms with Crippen molar-refractivity contribution in [3.8, 4) is 0 Å². The molecule has 30 valence electrons. The van der Waals surface area contributed by atoms with Crippen LogP contribution in [0.5, 0.6) is 0 Å². The van der Waals surface area contributed by atoms with Crippen molar-refractivity contribution in [3.05, 3.63) is 0 Å². The van der Waals surface area contributed by atoms with Gasteiger partial charge in [-0.2, -0.15) is 0 Å². The van der Waals surface area contributed by atoms with E-state index < -0.39 is 0 Å². The summed E-state index contributed by atoms with van der Waals surface area (Å²) in [6.07, 6.45) is 0. The van der Waals surface area contributed by atoms with Crippen LogP contribution in [-0.4, -0.2) is 16.5 Å². The number of halogens is 1. The molecule has 2 atom stereocenters. The minimum absolute atomic E-state index is 0.801. The van der Waals surface area contributed by atoms with Gasteiger partial charge in [0.1, 0.15) is 0 Å². The fraction of sp³-hybridized carbons (Fsp3) is 1.00.